The molecule has 0 saturated carbocycles. The van der Waals surface area contributed by atoms with Gasteiger partial charge in [-0.15, -0.1) is 0 Å². The Kier molecular flexibility index (Phi) is 4.99. The fraction of sp³-hybridized carbons (Fsp3) is 0.500. The molecule has 1 unspecified atom stereocenters. The largest absolute Gasteiger partial charge is 0.493 e. The van der Waals surface area contributed by atoms with Crippen molar-refractivity contribution in [2.45, 2.75) is 19.5 Å². The number of thiocarbonyl (C=S) groups is 1. The number of rotatable bonds is 5. The van der Waals surface area contributed by atoms with E-state index in [1.165, 1.54) is 0 Å². The predicted molar refractivity (Wildman–Crippen MR) is 86.2 cm³/mol. The second kappa shape index (κ2) is 6.54. The molecule has 0 radical (unpaired) electrons. The quantitative estimate of drug-likeness (QED) is 0.777. The van der Waals surface area contributed by atoms with E-state index in [0.717, 1.165) is 22.2 Å². The van der Waals surface area contributed by atoms with E-state index in [0.29, 0.717) is 23.3 Å². The minimum Gasteiger partial charge on any atom is -0.493 e. The van der Waals surface area contributed by atoms with Crippen LogP contribution in [-0.2, 0) is 6.54 Å². The minimum atomic E-state index is 0.435. The summed E-state index contributed by atoms with van der Waals surface area (Å²) in [5.41, 5.74) is 1.04. The molecule has 1 aliphatic heterocycles. The molecule has 6 heteroatoms. The van der Waals surface area contributed by atoms with Crippen molar-refractivity contribution < 1.29 is 14.2 Å². The second-order valence-electron chi connectivity index (χ2n) is 4.55. The smallest absolute Gasteiger partial charge is 0.203 e. The maximum absolute atomic E-state index is 5.51. The second-order valence-corrected chi connectivity index (χ2v) is 6.20. The Morgan fingerprint density at radius 1 is 1.20 bits per heavy atom. The van der Waals surface area contributed by atoms with Crippen LogP contribution in [0.25, 0.3) is 0 Å². The number of nitrogens with zero attached hydrogens (tertiary/aromatic N) is 1. The van der Waals surface area contributed by atoms with Crippen LogP contribution in [0.2, 0.25) is 0 Å². The summed E-state index contributed by atoms with van der Waals surface area (Å²) < 4.78 is 17.2. The molecule has 0 amide bonds. The lowest BCUT2D eigenvalue weighted by molar-refractivity contribution is 0.313. The number of benzene rings is 1. The summed E-state index contributed by atoms with van der Waals surface area (Å²) in [4.78, 5) is 2.21. The highest BCUT2D eigenvalue weighted by molar-refractivity contribution is 8.23. The molecule has 1 heterocycles. The third-order valence-electron chi connectivity index (χ3n) is 3.34. The van der Waals surface area contributed by atoms with Crippen molar-refractivity contribution in [3.8, 4) is 17.2 Å². The molecule has 1 aromatic carbocycles. The first-order valence-corrected chi connectivity index (χ1v) is 7.73. The fourth-order valence-electron chi connectivity index (χ4n) is 2.24. The van der Waals surface area contributed by atoms with Gasteiger partial charge in [-0.05, 0) is 19.1 Å². The van der Waals surface area contributed by atoms with Crippen LogP contribution in [0.1, 0.15) is 12.5 Å². The SMILES string of the molecule is COc1ccc(CN2C(=S)SCC2C)c(OC)c1OC. The van der Waals surface area contributed by atoms with Gasteiger partial charge < -0.3 is 19.1 Å². The highest BCUT2D eigenvalue weighted by Crippen LogP contribution is 2.41. The zero-order valence-electron chi connectivity index (χ0n) is 12.1. The average Bonchev–Trinajstić information content (AvgIpc) is 2.78. The van der Waals surface area contributed by atoms with Gasteiger partial charge in [0.05, 0.1) is 21.3 Å². The molecule has 1 aromatic rings. The van der Waals surface area contributed by atoms with Gasteiger partial charge in [0.15, 0.2) is 11.5 Å². The fourth-order valence-corrected chi connectivity index (χ4v) is 3.66. The Bertz CT molecular complexity index is 507. The maximum Gasteiger partial charge on any atom is 0.203 e. The predicted octanol–water partition coefficient (Wildman–Crippen LogP) is 2.93. The van der Waals surface area contributed by atoms with Crippen LogP contribution in [0.3, 0.4) is 0 Å². The summed E-state index contributed by atoms with van der Waals surface area (Å²) in [7, 11) is 4.87. The van der Waals surface area contributed by atoms with Gasteiger partial charge in [-0.3, -0.25) is 0 Å². The number of thioether (sulfide) groups is 1. The van der Waals surface area contributed by atoms with E-state index in [4.69, 9.17) is 26.4 Å². The molecule has 2 rings (SSSR count). The topological polar surface area (TPSA) is 30.9 Å². The van der Waals surface area contributed by atoms with Gasteiger partial charge in [-0.2, -0.15) is 0 Å². The molecule has 110 valence electrons. The van der Waals surface area contributed by atoms with E-state index in [1.54, 1.807) is 33.1 Å². The summed E-state index contributed by atoms with van der Waals surface area (Å²) in [5, 5.41) is 0. The molecule has 0 N–H and O–H groups in total. The van der Waals surface area contributed by atoms with E-state index in [-0.39, 0.29) is 0 Å². The molecule has 0 aliphatic carbocycles. The third-order valence-corrected chi connectivity index (χ3v) is 5.06. The van der Waals surface area contributed by atoms with Gasteiger partial charge in [0.25, 0.3) is 0 Å². The van der Waals surface area contributed by atoms with Crippen molar-refractivity contribution in [2.24, 2.45) is 0 Å². The highest BCUT2D eigenvalue weighted by atomic mass is 32.2. The van der Waals surface area contributed by atoms with E-state index in [2.05, 4.69) is 11.8 Å². The standard InChI is InChI=1S/C14H19NO3S2/c1-9-8-20-14(19)15(9)7-10-5-6-11(16-2)13(18-4)12(10)17-3/h5-6,9H,7-8H2,1-4H3. The normalized spacial score (nSPS) is 18.3. The molecule has 0 bridgehead atoms. The Labute approximate surface area is 129 Å². The minimum absolute atomic E-state index is 0.435. The van der Waals surface area contributed by atoms with E-state index in [9.17, 15) is 0 Å². The van der Waals surface area contributed by atoms with E-state index in [1.807, 2.05) is 12.1 Å². The molecule has 0 aromatic heterocycles. The molecule has 1 fully saturated rings. The highest BCUT2D eigenvalue weighted by Gasteiger charge is 2.27. The lowest BCUT2D eigenvalue weighted by atomic mass is 10.1. The summed E-state index contributed by atoms with van der Waals surface area (Å²) in [6, 6.07) is 4.33. The number of ether oxygens (including phenoxy) is 3. The Morgan fingerprint density at radius 3 is 2.40 bits per heavy atom. The maximum atomic E-state index is 5.51. The molecular formula is C14H19NO3S2. The first kappa shape index (κ1) is 15.3. The summed E-state index contributed by atoms with van der Waals surface area (Å²) in [6.07, 6.45) is 0. The van der Waals surface area contributed by atoms with Crippen LogP contribution < -0.4 is 14.2 Å². The summed E-state index contributed by atoms with van der Waals surface area (Å²) in [6.45, 7) is 2.90. The molecule has 4 nitrogen and oxygen atoms in total. The summed E-state index contributed by atoms with van der Waals surface area (Å²) in [5.74, 6) is 3.03. The van der Waals surface area contributed by atoms with Gasteiger partial charge in [-0.25, -0.2) is 0 Å². The van der Waals surface area contributed by atoms with Crippen molar-refractivity contribution in [1.29, 1.82) is 0 Å². The zero-order valence-corrected chi connectivity index (χ0v) is 13.8. The van der Waals surface area contributed by atoms with Crippen LogP contribution in [0.5, 0.6) is 17.2 Å². The zero-order chi connectivity index (χ0) is 14.7. The molecule has 20 heavy (non-hydrogen) atoms. The Hall–Kier alpha value is -1.14. The van der Waals surface area contributed by atoms with Gasteiger partial charge >= 0.3 is 0 Å². The van der Waals surface area contributed by atoms with Crippen molar-refractivity contribution >= 4 is 28.3 Å². The van der Waals surface area contributed by atoms with Crippen LogP contribution in [0, 0.1) is 0 Å². The first-order chi connectivity index (χ1) is 9.62. The number of hydrogen-bond donors (Lipinski definition) is 0. The first-order valence-electron chi connectivity index (χ1n) is 6.33. The van der Waals surface area contributed by atoms with Gasteiger partial charge in [0.1, 0.15) is 4.32 Å². The number of hydrogen-bond acceptors (Lipinski definition) is 5. The van der Waals surface area contributed by atoms with Crippen LogP contribution in [0.4, 0.5) is 0 Å². The van der Waals surface area contributed by atoms with Gasteiger partial charge in [-0.1, -0.05) is 24.0 Å². The molecule has 0 spiro atoms. The average molecular weight is 313 g/mol. The van der Waals surface area contributed by atoms with Crippen molar-refractivity contribution in [1.82, 2.24) is 4.90 Å². The molecular weight excluding hydrogens is 294 g/mol. The lowest BCUT2D eigenvalue weighted by Gasteiger charge is -2.24. The van der Waals surface area contributed by atoms with Gasteiger partial charge in [0, 0.05) is 23.9 Å². The van der Waals surface area contributed by atoms with Crippen LogP contribution in [0.15, 0.2) is 12.1 Å². The number of methoxy groups -OCH3 is 3. The molecule has 1 atom stereocenters. The summed E-state index contributed by atoms with van der Waals surface area (Å²) >= 11 is 7.12. The lowest BCUT2D eigenvalue weighted by Crippen LogP contribution is -2.30. The third kappa shape index (κ3) is 2.81. The van der Waals surface area contributed by atoms with Gasteiger partial charge in [0.2, 0.25) is 5.75 Å². The van der Waals surface area contributed by atoms with E-state index < -0.39 is 0 Å². The van der Waals surface area contributed by atoms with E-state index >= 15 is 0 Å². The monoisotopic (exact) mass is 313 g/mol. The Balaban J connectivity index is 2.34. The van der Waals surface area contributed by atoms with Crippen LogP contribution >= 0.6 is 24.0 Å². The molecule has 1 aliphatic rings. The Morgan fingerprint density at radius 2 is 1.90 bits per heavy atom. The molecule has 1 saturated heterocycles. The van der Waals surface area contributed by atoms with Crippen molar-refractivity contribution in [3.05, 3.63) is 17.7 Å². The van der Waals surface area contributed by atoms with Crippen molar-refractivity contribution in [2.75, 3.05) is 27.1 Å². The van der Waals surface area contributed by atoms with Crippen LogP contribution in [-0.4, -0.2) is 42.3 Å². The van der Waals surface area contributed by atoms with Crippen molar-refractivity contribution in [3.63, 3.8) is 0 Å².